The monoisotopic (exact) mass is 309 g/mol. The van der Waals surface area contributed by atoms with E-state index in [0.717, 1.165) is 37.1 Å². The highest BCUT2D eigenvalue weighted by Crippen LogP contribution is 2.27. The summed E-state index contributed by atoms with van der Waals surface area (Å²) in [5.74, 6) is -0.181. The van der Waals surface area contributed by atoms with Gasteiger partial charge in [0.2, 0.25) is 0 Å². The molecular weight excluding hydrogens is 289 g/mol. The van der Waals surface area contributed by atoms with E-state index in [2.05, 4.69) is 45.5 Å². The first-order valence-corrected chi connectivity index (χ1v) is 8.09. The molecule has 0 radical (unpaired) electrons. The zero-order valence-electron chi connectivity index (χ0n) is 12.9. The molecule has 3 aromatic rings. The lowest BCUT2D eigenvalue weighted by molar-refractivity contribution is 0.473. The molecular formula is C19H20FN3. The van der Waals surface area contributed by atoms with E-state index in [1.807, 2.05) is 12.1 Å². The van der Waals surface area contributed by atoms with Gasteiger partial charge in [0.1, 0.15) is 5.82 Å². The summed E-state index contributed by atoms with van der Waals surface area (Å²) in [6.07, 6.45) is 2.75. The smallest absolute Gasteiger partial charge is 0.149 e. The van der Waals surface area contributed by atoms with E-state index >= 15 is 0 Å². The van der Waals surface area contributed by atoms with Gasteiger partial charge < -0.3 is 15.2 Å². The number of hydrogen-bond acceptors (Lipinski definition) is 2. The largest absolute Gasteiger partial charge is 0.366 e. The van der Waals surface area contributed by atoms with Crippen molar-refractivity contribution in [1.29, 1.82) is 0 Å². The molecule has 3 nitrogen and oxygen atoms in total. The van der Waals surface area contributed by atoms with Gasteiger partial charge in [-0.2, -0.15) is 0 Å². The van der Waals surface area contributed by atoms with Gasteiger partial charge in [0.05, 0.1) is 5.52 Å². The molecule has 2 heterocycles. The number of hydrogen-bond donors (Lipinski definition) is 2. The molecule has 2 aromatic carbocycles. The number of rotatable bonds is 3. The number of piperazine rings is 1. The Kier molecular flexibility index (Phi) is 3.75. The van der Waals surface area contributed by atoms with Crippen LogP contribution in [0, 0.1) is 5.82 Å². The van der Waals surface area contributed by atoms with Crippen LogP contribution in [0.1, 0.15) is 5.56 Å². The van der Waals surface area contributed by atoms with Gasteiger partial charge in [-0.3, -0.25) is 0 Å². The van der Waals surface area contributed by atoms with Gasteiger partial charge in [0.15, 0.2) is 0 Å². The third-order valence-corrected chi connectivity index (χ3v) is 4.59. The SMILES string of the molecule is Fc1cc(N2CCNCC2Cc2ccccc2)cc2cc[nH]c12. The molecule has 1 fully saturated rings. The Balaban J connectivity index is 1.66. The molecule has 1 unspecified atom stereocenters. The molecule has 1 aliphatic heterocycles. The lowest BCUT2D eigenvalue weighted by Gasteiger charge is -2.38. The van der Waals surface area contributed by atoms with Gasteiger partial charge in [-0.1, -0.05) is 30.3 Å². The molecule has 23 heavy (non-hydrogen) atoms. The number of halogens is 1. The second-order valence-electron chi connectivity index (χ2n) is 6.11. The second kappa shape index (κ2) is 6.05. The van der Waals surface area contributed by atoms with Crippen molar-refractivity contribution in [2.24, 2.45) is 0 Å². The van der Waals surface area contributed by atoms with Crippen LogP contribution in [-0.2, 0) is 6.42 Å². The quantitative estimate of drug-likeness (QED) is 0.777. The van der Waals surface area contributed by atoms with Crippen LogP contribution in [0.5, 0.6) is 0 Å². The number of H-pyrrole nitrogens is 1. The van der Waals surface area contributed by atoms with Crippen molar-refractivity contribution in [2.75, 3.05) is 24.5 Å². The van der Waals surface area contributed by atoms with Crippen LogP contribution in [-0.4, -0.2) is 30.7 Å². The van der Waals surface area contributed by atoms with Crippen LogP contribution in [0.25, 0.3) is 10.9 Å². The van der Waals surface area contributed by atoms with E-state index in [1.54, 1.807) is 12.3 Å². The van der Waals surface area contributed by atoms with Crippen molar-refractivity contribution in [3.05, 3.63) is 66.1 Å². The van der Waals surface area contributed by atoms with Crippen molar-refractivity contribution >= 4 is 16.6 Å². The molecule has 2 N–H and O–H groups in total. The van der Waals surface area contributed by atoms with Crippen molar-refractivity contribution in [3.63, 3.8) is 0 Å². The molecule has 0 saturated carbocycles. The van der Waals surface area contributed by atoms with Gasteiger partial charge in [0.25, 0.3) is 0 Å². The normalized spacial score (nSPS) is 18.5. The molecule has 1 aromatic heterocycles. The van der Waals surface area contributed by atoms with Crippen LogP contribution < -0.4 is 10.2 Å². The first-order valence-electron chi connectivity index (χ1n) is 8.09. The van der Waals surface area contributed by atoms with E-state index in [0.29, 0.717) is 11.6 Å². The fourth-order valence-electron chi connectivity index (χ4n) is 3.45. The number of benzene rings is 2. The molecule has 0 amide bonds. The minimum atomic E-state index is -0.181. The van der Waals surface area contributed by atoms with Gasteiger partial charge in [-0.25, -0.2) is 4.39 Å². The molecule has 1 atom stereocenters. The standard InChI is InChI=1S/C19H20FN3/c20-18-12-16(11-15-6-7-22-19(15)18)23-9-8-21-13-17(23)10-14-4-2-1-3-5-14/h1-7,11-12,17,21-22H,8-10,13H2. The maximum absolute atomic E-state index is 14.3. The first kappa shape index (κ1) is 14.3. The van der Waals surface area contributed by atoms with Crippen molar-refractivity contribution in [1.82, 2.24) is 10.3 Å². The summed E-state index contributed by atoms with van der Waals surface area (Å²) in [6, 6.07) is 16.5. The predicted octanol–water partition coefficient (Wildman–Crippen LogP) is 3.33. The highest BCUT2D eigenvalue weighted by Gasteiger charge is 2.23. The third kappa shape index (κ3) is 2.82. The van der Waals surface area contributed by atoms with E-state index in [1.165, 1.54) is 5.56 Å². The first-order chi connectivity index (χ1) is 11.3. The maximum Gasteiger partial charge on any atom is 0.149 e. The predicted molar refractivity (Wildman–Crippen MR) is 92.4 cm³/mol. The molecule has 0 bridgehead atoms. The Morgan fingerprint density at radius 2 is 2.00 bits per heavy atom. The molecule has 1 saturated heterocycles. The summed E-state index contributed by atoms with van der Waals surface area (Å²) < 4.78 is 14.3. The van der Waals surface area contributed by atoms with Crippen molar-refractivity contribution in [3.8, 4) is 0 Å². The van der Waals surface area contributed by atoms with Crippen LogP contribution >= 0.6 is 0 Å². The molecule has 0 aliphatic carbocycles. The minimum Gasteiger partial charge on any atom is -0.366 e. The van der Waals surface area contributed by atoms with Crippen LogP contribution in [0.3, 0.4) is 0 Å². The second-order valence-corrected chi connectivity index (χ2v) is 6.11. The number of aromatic amines is 1. The highest BCUT2D eigenvalue weighted by atomic mass is 19.1. The molecule has 118 valence electrons. The Hall–Kier alpha value is -2.33. The summed E-state index contributed by atoms with van der Waals surface area (Å²) >= 11 is 0. The number of nitrogens with zero attached hydrogens (tertiary/aromatic N) is 1. The molecule has 4 heteroatoms. The zero-order chi connectivity index (χ0) is 15.6. The Morgan fingerprint density at radius 1 is 1.13 bits per heavy atom. The van der Waals surface area contributed by atoms with Crippen molar-refractivity contribution < 1.29 is 4.39 Å². The van der Waals surface area contributed by atoms with Gasteiger partial charge in [-0.05, 0) is 30.2 Å². The molecule has 0 spiro atoms. The third-order valence-electron chi connectivity index (χ3n) is 4.59. The fourth-order valence-corrected chi connectivity index (χ4v) is 3.45. The number of anilines is 1. The fraction of sp³-hybridized carbons (Fsp3) is 0.263. The van der Waals surface area contributed by atoms with Crippen LogP contribution in [0.15, 0.2) is 54.7 Å². The van der Waals surface area contributed by atoms with Gasteiger partial charge >= 0.3 is 0 Å². The molecule has 1 aliphatic rings. The Morgan fingerprint density at radius 3 is 2.87 bits per heavy atom. The van der Waals surface area contributed by atoms with E-state index in [4.69, 9.17) is 0 Å². The summed E-state index contributed by atoms with van der Waals surface area (Å²) in [7, 11) is 0. The average molecular weight is 309 g/mol. The Labute approximate surface area is 135 Å². The lowest BCUT2D eigenvalue weighted by atomic mass is 10.0. The summed E-state index contributed by atoms with van der Waals surface area (Å²) in [5.41, 5.74) is 2.87. The van der Waals surface area contributed by atoms with Gasteiger partial charge in [-0.15, -0.1) is 0 Å². The summed E-state index contributed by atoms with van der Waals surface area (Å²) in [6.45, 7) is 2.74. The number of fused-ring (bicyclic) bond motifs is 1. The topological polar surface area (TPSA) is 31.1 Å². The highest BCUT2D eigenvalue weighted by molar-refractivity contribution is 5.84. The van der Waals surface area contributed by atoms with E-state index in [9.17, 15) is 4.39 Å². The summed E-state index contributed by atoms with van der Waals surface area (Å²) in [4.78, 5) is 5.30. The Bertz CT molecular complexity index is 797. The maximum atomic E-state index is 14.3. The van der Waals surface area contributed by atoms with Crippen LogP contribution in [0.4, 0.5) is 10.1 Å². The minimum absolute atomic E-state index is 0.181. The van der Waals surface area contributed by atoms with Crippen molar-refractivity contribution in [2.45, 2.75) is 12.5 Å². The number of nitrogens with one attached hydrogen (secondary N) is 2. The zero-order valence-corrected chi connectivity index (χ0v) is 12.9. The lowest BCUT2D eigenvalue weighted by Crippen LogP contribution is -2.52. The van der Waals surface area contributed by atoms with E-state index in [-0.39, 0.29) is 5.82 Å². The van der Waals surface area contributed by atoms with Crippen LogP contribution in [0.2, 0.25) is 0 Å². The average Bonchev–Trinajstić information content (AvgIpc) is 3.05. The number of aromatic nitrogens is 1. The van der Waals surface area contributed by atoms with E-state index < -0.39 is 0 Å². The molecule has 4 rings (SSSR count). The van der Waals surface area contributed by atoms with Gasteiger partial charge in [0, 0.05) is 42.9 Å². The summed E-state index contributed by atoms with van der Waals surface area (Å²) in [5, 5.41) is 4.39.